The minimum Gasteiger partial charge on any atom is -0.492 e. The highest BCUT2D eigenvalue weighted by atomic mass is 16.5. The van der Waals surface area contributed by atoms with Gasteiger partial charge in [0.25, 0.3) is 0 Å². The van der Waals surface area contributed by atoms with Crippen molar-refractivity contribution >= 4 is 5.97 Å². The van der Waals surface area contributed by atoms with Gasteiger partial charge in [0.1, 0.15) is 12.4 Å². The van der Waals surface area contributed by atoms with E-state index in [1.54, 1.807) is 0 Å². The molecule has 0 radical (unpaired) electrons. The second-order valence-electron chi connectivity index (χ2n) is 6.60. The lowest BCUT2D eigenvalue weighted by Gasteiger charge is -2.30. The van der Waals surface area contributed by atoms with Gasteiger partial charge < -0.3 is 9.84 Å². The molecular weight excluding hydrogens is 314 g/mol. The highest BCUT2D eigenvalue weighted by molar-refractivity contribution is 5.70. The molecule has 0 bridgehead atoms. The number of carboxylic acid groups (broad SMARTS) is 1. The highest BCUT2D eigenvalue weighted by Crippen LogP contribution is 2.22. The number of carboxylic acids is 1. The van der Waals surface area contributed by atoms with Gasteiger partial charge in [0.05, 0.1) is 5.92 Å². The largest absolute Gasteiger partial charge is 0.492 e. The van der Waals surface area contributed by atoms with Gasteiger partial charge in [-0.3, -0.25) is 9.69 Å². The predicted molar refractivity (Wildman–Crippen MR) is 98.0 cm³/mol. The smallest absolute Gasteiger partial charge is 0.307 e. The zero-order valence-electron chi connectivity index (χ0n) is 14.4. The SMILES string of the molecule is O=C(O)[C@@H]1CCCN(CCOc2ccccc2Cc2ccccc2)C1. The van der Waals surface area contributed by atoms with Crippen LogP contribution in [0.2, 0.25) is 0 Å². The second kappa shape index (κ2) is 8.67. The number of para-hydroxylation sites is 1. The van der Waals surface area contributed by atoms with E-state index in [0.717, 1.165) is 38.1 Å². The molecular formula is C21H25NO3. The van der Waals surface area contributed by atoms with Gasteiger partial charge in [-0.1, -0.05) is 48.5 Å². The molecule has 0 amide bonds. The van der Waals surface area contributed by atoms with Gasteiger partial charge in [-0.05, 0) is 36.6 Å². The monoisotopic (exact) mass is 339 g/mol. The average molecular weight is 339 g/mol. The number of carbonyl (C=O) groups is 1. The number of nitrogens with zero attached hydrogens (tertiary/aromatic N) is 1. The molecule has 0 spiro atoms. The van der Waals surface area contributed by atoms with Crippen molar-refractivity contribution in [3.05, 3.63) is 65.7 Å². The van der Waals surface area contributed by atoms with E-state index in [0.29, 0.717) is 13.2 Å². The summed E-state index contributed by atoms with van der Waals surface area (Å²) in [5.41, 5.74) is 2.44. The van der Waals surface area contributed by atoms with Crippen LogP contribution in [0, 0.1) is 5.92 Å². The molecule has 4 heteroatoms. The Morgan fingerprint density at radius 1 is 1.12 bits per heavy atom. The molecule has 0 unspecified atom stereocenters. The Morgan fingerprint density at radius 2 is 1.88 bits per heavy atom. The summed E-state index contributed by atoms with van der Waals surface area (Å²) >= 11 is 0. The van der Waals surface area contributed by atoms with Gasteiger partial charge in [0.15, 0.2) is 0 Å². The van der Waals surface area contributed by atoms with Crippen LogP contribution in [0.25, 0.3) is 0 Å². The van der Waals surface area contributed by atoms with Crippen molar-refractivity contribution in [1.82, 2.24) is 4.90 Å². The topological polar surface area (TPSA) is 49.8 Å². The summed E-state index contributed by atoms with van der Waals surface area (Å²) in [6.45, 7) is 2.94. The van der Waals surface area contributed by atoms with E-state index < -0.39 is 5.97 Å². The third-order valence-electron chi connectivity index (χ3n) is 4.73. The third-order valence-corrected chi connectivity index (χ3v) is 4.73. The van der Waals surface area contributed by atoms with E-state index in [1.807, 2.05) is 36.4 Å². The summed E-state index contributed by atoms with van der Waals surface area (Å²) in [7, 11) is 0. The third kappa shape index (κ3) is 5.07. The number of ether oxygens (including phenoxy) is 1. The lowest BCUT2D eigenvalue weighted by molar-refractivity contribution is -0.143. The van der Waals surface area contributed by atoms with Crippen molar-refractivity contribution in [2.75, 3.05) is 26.2 Å². The summed E-state index contributed by atoms with van der Waals surface area (Å²) in [5, 5.41) is 9.18. The average Bonchev–Trinajstić information content (AvgIpc) is 2.64. The van der Waals surface area contributed by atoms with E-state index in [-0.39, 0.29) is 5.92 Å². The maximum atomic E-state index is 11.2. The molecule has 1 heterocycles. The van der Waals surface area contributed by atoms with E-state index in [9.17, 15) is 9.90 Å². The van der Waals surface area contributed by atoms with Crippen LogP contribution in [0.1, 0.15) is 24.0 Å². The quantitative estimate of drug-likeness (QED) is 0.839. The van der Waals surface area contributed by atoms with E-state index >= 15 is 0 Å². The number of piperidine rings is 1. The molecule has 1 aliphatic heterocycles. The van der Waals surface area contributed by atoms with Crippen LogP contribution >= 0.6 is 0 Å². The van der Waals surface area contributed by atoms with Crippen LogP contribution in [-0.2, 0) is 11.2 Å². The van der Waals surface area contributed by atoms with Gasteiger partial charge in [-0.2, -0.15) is 0 Å². The molecule has 1 aliphatic rings. The molecule has 0 aliphatic carbocycles. The van der Waals surface area contributed by atoms with Crippen molar-refractivity contribution in [1.29, 1.82) is 0 Å². The number of hydrogen-bond donors (Lipinski definition) is 1. The molecule has 1 N–H and O–H groups in total. The number of benzene rings is 2. The molecule has 2 aromatic carbocycles. The Labute approximate surface area is 149 Å². The molecule has 1 atom stereocenters. The second-order valence-corrected chi connectivity index (χ2v) is 6.60. The number of likely N-dealkylation sites (tertiary alicyclic amines) is 1. The molecule has 25 heavy (non-hydrogen) atoms. The summed E-state index contributed by atoms with van der Waals surface area (Å²) in [6, 6.07) is 18.5. The van der Waals surface area contributed by atoms with E-state index in [1.165, 1.54) is 11.1 Å². The minimum atomic E-state index is -0.682. The number of hydrogen-bond acceptors (Lipinski definition) is 3. The normalized spacial score (nSPS) is 18.0. The first-order valence-corrected chi connectivity index (χ1v) is 8.92. The Hall–Kier alpha value is -2.33. The summed E-state index contributed by atoms with van der Waals surface area (Å²) in [4.78, 5) is 13.4. The Bertz CT molecular complexity index is 687. The Balaban J connectivity index is 1.54. The van der Waals surface area contributed by atoms with Crippen molar-refractivity contribution in [3.63, 3.8) is 0 Å². The van der Waals surface area contributed by atoms with Crippen molar-refractivity contribution in [2.45, 2.75) is 19.3 Å². The van der Waals surface area contributed by atoms with Gasteiger partial charge in [0.2, 0.25) is 0 Å². The van der Waals surface area contributed by atoms with Crippen LogP contribution in [-0.4, -0.2) is 42.2 Å². The molecule has 0 aromatic heterocycles. The predicted octanol–water partition coefficient (Wildman–Crippen LogP) is 3.45. The molecule has 3 rings (SSSR count). The molecule has 4 nitrogen and oxygen atoms in total. The first kappa shape index (κ1) is 17.5. The first-order valence-electron chi connectivity index (χ1n) is 8.92. The zero-order valence-corrected chi connectivity index (χ0v) is 14.4. The summed E-state index contributed by atoms with van der Waals surface area (Å²) in [6.07, 6.45) is 2.58. The van der Waals surface area contributed by atoms with Crippen LogP contribution < -0.4 is 4.74 Å². The molecule has 0 saturated carbocycles. The fraction of sp³-hybridized carbons (Fsp3) is 0.381. The van der Waals surface area contributed by atoms with Gasteiger partial charge in [-0.15, -0.1) is 0 Å². The minimum absolute atomic E-state index is 0.237. The number of aliphatic carboxylic acids is 1. The fourth-order valence-electron chi connectivity index (χ4n) is 3.35. The molecule has 132 valence electrons. The standard InChI is InChI=1S/C21H25NO3/c23-21(24)19-10-6-12-22(16-19)13-14-25-20-11-5-4-9-18(20)15-17-7-2-1-3-8-17/h1-5,7-9,11,19H,6,10,12-16H2,(H,23,24)/t19-/m1/s1. The van der Waals surface area contributed by atoms with Gasteiger partial charge in [-0.25, -0.2) is 0 Å². The maximum Gasteiger partial charge on any atom is 0.307 e. The maximum absolute atomic E-state index is 11.2. The van der Waals surface area contributed by atoms with Crippen molar-refractivity contribution < 1.29 is 14.6 Å². The van der Waals surface area contributed by atoms with Crippen molar-refractivity contribution in [2.24, 2.45) is 5.92 Å². The fourth-order valence-corrected chi connectivity index (χ4v) is 3.35. The van der Waals surface area contributed by atoms with Crippen LogP contribution in [0.3, 0.4) is 0 Å². The molecule has 1 fully saturated rings. The summed E-state index contributed by atoms with van der Waals surface area (Å²) in [5.74, 6) is -0.00362. The molecule has 2 aromatic rings. The number of rotatable bonds is 7. The van der Waals surface area contributed by atoms with Crippen LogP contribution in [0.5, 0.6) is 5.75 Å². The van der Waals surface area contributed by atoms with Crippen LogP contribution in [0.4, 0.5) is 0 Å². The zero-order chi connectivity index (χ0) is 17.5. The molecule has 1 saturated heterocycles. The first-order chi connectivity index (χ1) is 12.2. The highest BCUT2D eigenvalue weighted by Gasteiger charge is 2.24. The van der Waals surface area contributed by atoms with Gasteiger partial charge in [0, 0.05) is 19.5 Å². The Kier molecular flexibility index (Phi) is 6.07. The van der Waals surface area contributed by atoms with Crippen molar-refractivity contribution in [3.8, 4) is 5.75 Å². The van der Waals surface area contributed by atoms with Gasteiger partial charge >= 0.3 is 5.97 Å². The summed E-state index contributed by atoms with van der Waals surface area (Å²) < 4.78 is 6.02. The van der Waals surface area contributed by atoms with E-state index in [4.69, 9.17) is 4.74 Å². The van der Waals surface area contributed by atoms with E-state index in [2.05, 4.69) is 23.1 Å². The lowest BCUT2D eigenvalue weighted by atomic mass is 9.98. The van der Waals surface area contributed by atoms with Crippen LogP contribution in [0.15, 0.2) is 54.6 Å². The Morgan fingerprint density at radius 3 is 2.68 bits per heavy atom. The lowest BCUT2D eigenvalue weighted by Crippen LogP contribution is -2.40.